The van der Waals surface area contributed by atoms with Crippen molar-refractivity contribution >= 4 is 17.9 Å². The summed E-state index contributed by atoms with van der Waals surface area (Å²) in [5.74, 6) is -0.874. The van der Waals surface area contributed by atoms with Gasteiger partial charge < -0.3 is 14.2 Å². The predicted octanol–water partition coefficient (Wildman–Crippen LogP) is 24.1. The minimum absolute atomic E-state index is 0.0761. The van der Waals surface area contributed by atoms with Gasteiger partial charge in [-0.2, -0.15) is 0 Å². The minimum Gasteiger partial charge on any atom is -0.462 e. The standard InChI is InChI=1S/C74H132O6/c1-4-7-10-13-16-19-21-23-25-27-29-31-33-34-35-36-37-38-39-40-42-43-45-47-49-51-53-55-58-61-64-67-73(76)79-70-71(69-78-72(75)66-63-60-57-18-15-12-9-6-3)80-74(77)68-65-62-59-56-54-52-50-48-46-44-41-32-30-28-26-24-22-20-17-14-11-8-5-2/h8,11,17,20,24,26-27,29-30,32,44,46,71H,4-7,9-10,12-16,18-19,21-23,25,28,31,33-43,45,47-70H2,1-3H3/b11-8-,20-17-,26-24-,29-27-,32-30-,46-44-. The molecule has 0 fully saturated rings. The van der Waals surface area contributed by atoms with Gasteiger partial charge in [0.25, 0.3) is 0 Å². The van der Waals surface area contributed by atoms with Crippen LogP contribution in [0.3, 0.4) is 0 Å². The van der Waals surface area contributed by atoms with Crippen LogP contribution in [0.5, 0.6) is 0 Å². The third kappa shape index (κ3) is 65.7. The molecule has 1 atom stereocenters. The topological polar surface area (TPSA) is 78.9 Å². The van der Waals surface area contributed by atoms with Gasteiger partial charge in [-0.1, -0.05) is 325 Å². The van der Waals surface area contributed by atoms with Crippen molar-refractivity contribution in [3.05, 3.63) is 72.9 Å². The van der Waals surface area contributed by atoms with Crippen molar-refractivity contribution in [2.75, 3.05) is 13.2 Å². The zero-order valence-electron chi connectivity index (χ0n) is 53.3. The molecule has 80 heavy (non-hydrogen) atoms. The smallest absolute Gasteiger partial charge is 0.306 e. The maximum Gasteiger partial charge on any atom is 0.306 e. The largest absolute Gasteiger partial charge is 0.462 e. The van der Waals surface area contributed by atoms with Gasteiger partial charge in [0.05, 0.1) is 0 Å². The fourth-order valence-corrected chi connectivity index (χ4v) is 10.2. The van der Waals surface area contributed by atoms with E-state index in [-0.39, 0.29) is 31.1 Å². The number of carbonyl (C=O) groups is 3. The molecule has 0 radical (unpaired) electrons. The van der Waals surface area contributed by atoms with Crippen LogP contribution in [0.25, 0.3) is 0 Å². The lowest BCUT2D eigenvalue weighted by Crippen LogP contribution is -2.30. The second-order valence-corrected chi connectivity index (χ2v) is 23.4. The molecule has 0 spiro atoms. The highest BCUT2D eigenvalue weighted by atomic mass is 16.6. The summed E-state index contributed by atoms with van der Waals surface area (Å²) in [6.07, 6.45) is 89.6. The Bertz CT molecular complexity index is 1470. The van der Waals surface area contributed by atoms with Gasteiger partial charge in [0.1, 0.15) is 13.2 Å². The van der Waals surface area contributed by atoms with Crippen LogP contribution in [0.4, 0.5) is 0 Å². The van der Waals surface area contributed by atoms with Crippen molar-refractivity contribution in [3.8, 4) is 0 Å². The number of rotatable bonds is 64. The Morgan fingerprint density at radius 2 is 0.487 bits per heavy atom. The number of unbranched alkanes of at least 4 members (excludes halogenated alkanes) is 41. The summed E-state index contributed by atoms with van der Waals surface area (Å²) in [7, 11) is 0. The fourth-order valence-electron chi connectivity index (χ4n) is 10.2. The van der Waals surface area contributed by atoms with Gasteiger partial charge in [-0.05, 0) is 89.9 Å². The first kappa shape index (κ1) is 76.9. The van der Waals surface area contributed by atoms with Crippen molar-refractivity contribution in [1.82, 2.24) is 0 Å². The van der Waals surface area contributed by atoms with E-state index in [1.165, 1.54) is 225 Å². The number of hydrogen-bond acceptors (Lipinski definition) is 6. The van der Waals surface area contributed by atoms with Crippen molar-refractivity contribution in [3.63, 3.8) is 0 Å². The van der Waals surface area contributed by atoms with Crippen LogP contribution < -0.4 is 0 Å². The Balaban J connectivity index is 4.08. The minimum atomic E-state index is -0.779. The van der Waals surface area contributed by atoms with Gasteiger partial charge in [-0.3, -0.25) is 14.4 Å². The Hall–Kier alpha value is -3.15. The molecule has 0 heterocycles. The SMILES string of the molecule is CC/C=C\C/C=C\C/C=C\C/C=C\C/C=C\CCCCCCCCCC(=O)OC(COC(=O)CCCCCCCCCC)COC(=O)CCCCCCCCCCCCCCCCCCCCC/C=C\CCCCCCCCCC. The average Bonchev–Trinajstić information content (AvgIpc) is 3.46. The van der Waals surface area contributed by atoms with Gasteiger partial charge in [0, 0.05) is 19.3 Å². The molecule has 0 aliphatic heterocycles. The van der Waals surface area contributed by atoms with E-state index in [4.69, 9.17) is 14.2 Å². The normalized spacial score (nSPS) is 12.5. The maximum absolute atomic E-state index is 12.9. The molecule has 0 saturated heterocycles. The summed E-state index contributed by atoms with van der Waals surface area (Å²) in [6.45, 7) is 6.53. The van der Waals surface area contributed by atoms with Crippen LogP contribution in [0.1, 0.15) is 361 Å². The van der Waals surface area contributed by atoms with Crippen LogP contribution in [-0.2, 0) is 28.6 Å². The summed E-state index contributed by atoms with van der Waals surface area (Å²) in [5, 5.41) is 0. The van der Waals surface area contributed by atoms with E-state index in [1.54, 1.807) is 0 Å². The summed E-state index contributed by atoms with van der Waals surface area (Å²) >= 11 is 0. The van der Waals surface area contributed by atoms with E-state index >= 15 is 0 Å². The molecule has 0 saturated carbocycles. The Kier molecular flexibility index (Phi) is 65.7. The summed E-state index contributed by atoms with van der Waals surface area (Å²) in [5.41, 5.74) is 0. The predicted molar refractivity (Wildman–Crippen MR) is 348 cm³/mol. The summed E-state index contributed by atoms with van der Waals surface area (Å²) < 4.78 is 16.9. The van der Waals surface area contributed by atoms with Crippen LogP contribution >= 0.6 is 0 Å². The first-order valence-electron chi connectivity index (χ1n) is 34.9. The van der Waals surface area contributed by atoms with E-state index in [2.05, 4.69) is 93.7 Å². The van der Waals surface area contributed by atoms with Crippen molar-refractivity contribution in [1.29, 1.82) is 0 Å². The molecule has 6 nitrogen and oxygen atoms in total. The molecule has 0 amide bonds. The van der Waals surface area contributed by atoms with Crippen LogP contribution in [0.15, 0.2) is 72.9 Å². The lowest BCUT2D eigenvalue weighted by molar-refractivity contribution is -0.167. The summed E-state index contributed by atoms with van der Waals surface area (Å²) in [6, 6.07) is 0. The third-order valence-electron chi connectivity index (χ3n) is 15.4. The molecule has 0 aliphatic carbocycles. The highest BCUT2D eigenvalue weighted by Gasteiger charge is 2.19. The first-order valence-corrected chi connectivity index (χ1v) is 34.9. The Morgan fingerprint density at radius 1 is 0.263 bits per heavy atom. The molecule has 0 aromatic rings. The second kappa shape index (κ2) is 68.3. The molecule has 6 heteroatoms. The molecule has 1 unspecified atom stereocenters. The maximum atomic E-state index is 12.9. The molecule has 0 aliphatic rings. The number of hydrogen-bond donors (Lipinski definition) is 0. The van der Waals surface area contributed by atoms with Crippen LogP contribution in [0, 0.1) is 0 Å². The third-order valence-corrected chi connectivity index (χ3v) is 15.4. The van der Waals surface area contributed by atoms with Gasteiger partial charge >= 0.3 is 17.9 Å². The second-order valence-electron chi connectivity index (χ2n) is 23.4. The van der Waals surface area contributed by atoms with Crippen LogP contribution in [-0.4, -0.2) is 37.2 Å². The van der Waals surface area contributed by atoms with Gasteiger partial charge in [-0.25, -0.2) is 0 Å². The van der Waals surface area contributed by atoms with Crippen molar-refractivity contribution in [2.24, 2.45) is 0 Å². The van der Waals surface area contributed by atoms with Crippen molar-refractivity contribution in [2.45, 2.75) is 367 Å². The molecule has 0 aromatic heterocycles. The van der Waals surface area contributed by atoms with E-state index in [0.29, 0.717) is 19.3 Å². The average molecular weight is 1120 g/mol. The van der Waals surface area contributed by atoms with Crippen LogP contribution in [0.2, 0.25) is 0 Å². The Morgan fingerprint density at radius 3 is 0.775 bits per heavy atom. The van der Waals surface area contributed by atoms with Gasteiger partial charge in [0.2, 0.25) is 0 Å². The number of esters is 3. The quantitative estimate of drug-likeness (QED) is 0.0261. The zero-order valence-corrected chi connectivity index (χ0v) is 53.3. The van der Waals surface area contributed by atoms with Crippen molar-refractivity contribution < 1.29 is 28.6 Å². The van der Waals surface area contributed by atoms with E-state index in [9.17, 15) is 14.4 Å². The highest BCUT2D eigenvalue weighted by molar-refractivity contribution is 5.71. The van der Waals surface area contributed by atoms with E-state index < -0.39 is 6.10 Å². The monoisotopic (exact) mass is 1120 g/mol. The van der Waals surface area contributed by atoms with Gasteiger partial charge in [-0.15, -0.1) is 0 Å². The molecule has 0 N–H and O–H groups in total. The van der Waals surface area contributed by atoms with Gasteiger partial charge in [0.15, 0.2) is 6.10 Å². The first-order chi connectivity index (χ1) is 39.5. The number of ether oxygens (including phenoxy) is 3. The van der Waals surface area contributed by atoms with E-state index in [0.717, 1.165) is 96.3 Å². The highest BCUT2D eigenvalue weighted by Crippen LogP contribution is 2.18. The molecule has 464 valence electrons. The molecule has 0 bridgehead atoms. The zero-order chi connectivity index (χ0) is 57.8. The molecule has 0 aromatic carbocycles. The fraction of sp³-hybridized carbons (Fsp3) is 0.797. The summed E-state index contributed by atoms with van der Waals surface area (Å²) in [4.78, 5) is 38.2. The molecule has 0 rings (SSSR count). The lowest BCUT2D eigenvalue weighted by atomic mass is 10.0. The molecular formula is C74H132O6. The number of allylic oxidation sites excluding steroid dienone is 12. The molecular weight excluding hydrogens is 985 g/mol. The van der Waals surface area contributed by atoms with E-state index in [1.807, 2.05) is 0 Å². The lowest BCUT2D eigenvalue weighted by Gasteiger charge is -2.18. The Labute approximate surface area is 497 Å². The number of carbonyl (C=O) groups excluding carboxylic acids is 3.